The van der Waals surface area contributed by atoms with Gasteiger partial charge in [-0.3, -0.25) is 0 Å². The highest BCUT2D eigenvalue weighted by Gasteiger charge is 2.21. The summed E-state index contributed by atoms with van der Waals surface area (Å²) < 4.78 is 10.6. The van der Waals surface area contributed by atoms with E-state index >= 15 is 0 Å². The molecule has 1 aromatic carbocycles. The molecule has 2 N–H and O–H groups in total. The Morgan fingerprint density at radius 1 is 1.06 bits per heavy atom. The molecule has 4 nitrogen and oxygen atoms in total. The maximum absolute atomic E-state index is 6.10. The molecule has 1 aromatic rings. The Morgan fingerprint density at radius 3 is 2.19 bits per heavy atom. The molecule has 0 aromatic heterocycles. The lowest BCUT2D eigenvalue weighted by atomic mass is 10.2. The monoisotopic (exact) mass is 222 g/mol. The normalized spacial score (nSPS) is 15.2. The van der Waals surface area contributed by atoms with Crippen LogP contribution >= 0.6 is 0 Å². The maximum Gasteiger partial charge on any atom is 0.144 e. The molecule has 1 aliphatic heterocycles. The van der Waals surface area contributed by atoms with Gasteiger partial charge >= 0.3 is 0 Å². The molecule has 1 fully saturated rings. The van der Waals surface area contributed by atoms with E-state index in [0.29, 0.717) is 11.4 Å². The van der Waals surface area contributed by atoms with Crippen LogP contribution < -0.4 is 20.1 Å². The third kappa shape index (κ3) is 1.75. The minimum absolute atomic E-state index is 0.670. The third-order valence-electron chi connectivity index (χ3n) is 3.00. The largest absolute Gasteiger partial charge is 0.495 e. The summed E-state index contributed by atoms with van der Waals surface area (Å²) in [5.74, 6) is 1.53. The predicted octanol–water partition coefficient (Wildman–Crippen LogP) is 1.89. The van der Waals surface area contributed by atoms with Gasteiger partial charge in [-0.25, -0.2) is 0 Å². The van der Waals surface area contributed by atoms with Gasteiger partial charge in [0.05, 0.1) is 14.2 Å². The maximum atomic E-state index is 6.10. The van der Waals surface area contributed by atoms with Gasteiger partial charge in [0.25, 0.3) is 0 Å². The molecule has 0 unspecified atom stereocenters. The van der Waals surface area contributed by atoms with Crippen molar-refractivity contribution >= 4 is 11.4 Å². The molecule has 88 valence electrons. The van der Waals surface area contributed by atoms with Crippen LogP contribution in [-0.4, -0.2) is 27.3 Å². The molecular formula is C12H18N2O2. The smallest absolute Gasteiger partial charge is 0.144 e. The van der Waals surface area contributed by atoms with Crippen molar-refractivity contribution in [1.29, 1.82) is 0 Å². The Bertz CT molecular complexity index is 374. The lowest BCUT2D eigenvalue weighted by molar-refractivity contribution is 0.405. The molecule has 0 saturated carbocycles. The molecule has 0 atom stereocenters. The minimum Gasteiger partial charge on any atom is -0.495 e. The molecule has 16 heavy (non-hydrogen) atoms. The minimum atomic E-state index is 0.670. The Balaban J connectivity index is 2.45. The highest BCUT2D eigenvalue weighted by atomic mass is 16.5. The number of hydrogen-bond acceptors (Lipinski definition) is 4. The van der Waals surface area contributed by atoms with Crippen LogP contribution in [0.25, 0.3) is 0 Å². The van der Waals surface area contributed by atoms with Crippen molar-refractivity contribution in [3.8, 4) is 11.5 Å². The topological polar surface area (TPSA) is 47.7 Å². The van der Waals surface area contributed by atoms with Gasteiger partial charge in [0.15, 0.2) is 0 Å². The van der Waals surface area contributed by atoms with Gasteiger partial charge in [0.2, 0.25) is 0 Å². The van der Waals surface area contributed by atoms with Gasteiger partial charge in [-0.15, -0.1) is 0 Å². The lowest BCUT2D eigenvalue weighted by Gasteiger charge is -2.23. The summed E-state index contributed by atoms with van der Waals surface area (Å²) in [6.45, 7) is 2.07. The standard InChI is InChI=1S/C12H18N2O2/c1-15-9-5-6-10(16-2)12(11(9)13)14-7-3-4-8-14/h5-6H,3-4,7-8,13H2,1-2H3. The van der Waals surface area contributed by atoms with Crippen LogP contribution in [0, 0.1) is 0 Å². The first-order valence-corrected chi connectivity index (χ1v) is 5.53. The van der Waals surface area contributed by atoms with Gasteiger partial charge < -0.3 is 20.1 Å². The zero-order chi connectivity index (χ0) is 11.5. The number of hydrogen-bond donors (Lipinski definition) is 1. The summed E-state index contributed by atoms with van der Waals surface area (Å²) in [5, 5.41) is 0. The van der Waals surface area contributed by atoms with Gasteiger partial charge in [0.1, 0.15) is 22.9 Å². The SMILES string of the molecule is COc1ccc(OC)c(N2CCCC2)c1N. The van der Waals surface area contributed by atoms with E-state index in [-0.39, 0.29) is 0 Å². The summed E-state index contributed by atoms with van der Waals surface area (Å²) in [7, 11) is 3.30. The molecule has 1 aliphatic rings. The second-order valence-corrected chi connectivity index (χ2v) is 3.93. The quantitative estimate of drug-likeness (QED) is 0.793. The summed E-state index contributed by atoms with van der Waals surface area (Å²) in [6.07, 6.45) is 2.42. The van der Waals surface area contributed by atoms with Crippen LogP contribution in [0.1, 0.15) is 12.8 Å². The lowest BCUT2D eigenvalue weighted by Crippen LogP contribution is -2.20. The Kier molecular flexibility index (Phi) is 3.08. The number of methoxy groups -OCH3 is 2. The van der Waals surface area contributed by atoms with Gasteiger partial charge in [-0.2, -0.15) is 0 Å². The van der Waals surface area contributed by atoms with E-state index in [1.807, 2.05) is 12.1 Å². The molecule has 0 spiro atoms. The summed E-state index contributed by atoms with van der Waals surface area (Å²) in [5.41, 5.74) is 7.75. The van der Waals surface area contributed by atoms with E-state index in [2.05, 4.69) is 4.90 Å². The van der Waals surface area contributed by atoms with E-state index in [1.54, 1.807) is 14.2 Å². The zero-order valence-electron chi connectivity index (χ0n) is 9.82. The molecule has 0 aliphatic carbocycles. The van der Waals surface area contributed by atoms with E-state index in [1.165, 1.54) is 12.8 Å². The predicted molar refractivity (Wildman–Crippen MR) is 65.4 cm³/mol. The molecule has 1 heterocycles. The van der Waals surface area contributed by atoms with Gasteiger partial charge in [-0.05, 0) is 25.0 Å². The number of nitrogens with two attached hydrogens (primary N) is 1. The van der Waals surface area contributed by atoms with Crippen molar-refractivity contribution in [3.05, 3.63) is 12.1 Å². The van der Waals surface area contributed by atoms with E-state index in [9.17, 15) is 0 Å². The van der Waals surface area contributed by atoms with Crippen LogP contribution in [0.2, 0.25) is 0 Å². The fraction of sp³-hybridized carbons (Fsp3) is 0.500. The summed E-state index contributed by atoms with van der Waals surface area (Å²) >= 11 is 0. The van der Waals surface area contributed by atoms with Crippen LogP contribution in [0.4, 0.5) is 11.4 Å². The van der Waals surface area contributed by atoms with Gasteiger partial charge in [0, 0.05) is 13.1 Å². The summed E-state index contributed by atoms with van der Waals surface area (Å²) in [6, 6.07) is 3.75. The molecule has 0 bridgehead atoms. The van der Waals surface area contributed by atoms with Crippen LogP contribution in [0.3, 0.4) is 0 Å². The Labute approximate surface area is 95.9 Å². The van der Waals surface area contributed by atoms with Crippen molar-refractivity contribution < 1.29 is 9.47 Å². The number of rotatable bonds is 3. The number of ether oxygens (including phenoxy) is 2. The molecule has 0 radical (unpaired) electrons. The van der Waals surface area contributed by atoms with Crippen molar-refractivity contribution in [2.24, 2.45) is 0 Å². The Morgan fingerprint density at radius 2 is 1.62 bits per heavy atom. The summed E-state index contributed by atoms with van der Waals surface area (Å²) in [4.78, 5) is 2.26. The first-order valence-electron chi connectivity index (χ1n) is 5.53. The molecule has 1 saturated heterocycles. The van der Waals surface area contributed by atoms with Gasteiger partial charge in [-0.1, -0.05) is 0 Å². The Hall–Kier alpha value is -1.58. The van der Waals surface area contributed by atoms with Crippen molar-refractivity contribution in [2.45, 2.75) is 12.8 Å². The van der Waals surface area contributed by atoms with Crippen molar-refractivity contribution in [1.82, 2.24) is 0 Å². The first kappa shape index (κ1) is 10.9. The third-order valence-corrected chi connectivity index (χ3v) is 3.00. The number of benzene rings is 1. The second kappa shape index (κ2) is 4.51. The number of nitrogen functional groups attached to an aromatic ring is 1. The fourth-order valence-corrected chi connectivity index (χ4v) is 2.18. The average Bonchev–Trinajstić information content (AvgIpc) is 2.81. The molecular weight excluding hydrogens is 204 g/mol. The second-order valence-electron chi connectivity index (χ2n) is 3.93. The van der Waals surface area contributed by atoms with Crippen molar-refractivity contribution in [3.63, 3.8) is 0 Å². The molecule has 4 heteroatoms. The highest BCUT2D eigenvalue weighted by Crippen LogP contribution is 2.41. The van der Waals surface area contributed by atoms with E-state index in [4.69, 9.17) is 15.2 Å². The van der Waals surface area contributed by atoms with E-state index in [0.717, 1.165) is 24.5 Å². The van der Waals surface area contributed by atoms with E-state index < -0.39 is 0 Å². The fourth-order valence-electron chi connectivity index (χ4n) is 2.18. The number of nitrogens with zero attached hydrogens (tertiary/aromatic N) is 1. The van der Waals surface area contributed by atoms with Crippen LogP contribution in [0.5, 0.6) is 11.5 Å². The van der Waals surface area contributed by atoms with Crippen LogP contribution in [0.15, 0.2) is 12.1 Å². The number of anilines is 2. The molecule has 0 amide bonds. The zero-order valence-corrected chi connectivity index (χ0v) is 9.82. The first-order chi connectivity index (χ1) is 7.77. The average molecular weight is 222 g/mol. The van der Waals surface area contributed by atoms with Crippen molar-refractivity contribution in [2.75, 3.05) is 37.9 Å². The molecule has 2 rings (SSSR count). The van der Waals surface area contributed by atoms with Crippen LogP contribution in [-0.2, 0) is 0 Å². The highest BCUT2D eigenvalue weighted by molar-refractivity contribution is 5.80.